The standard InChI is InChI=1S/C30H25N3O9/c1-18-25(34)31-30(38)33(32-18)26-24(42-29(37)21-15-9-4-10-16-21)23(41-28(36)20-13-7-3-8-14-20)22(40-26)17-39-27(35)19-11-5-2-6-12-19/h2-16,22-24,26H,17H2,1H3,(H,31,34,38)/t22-,23+,24+,26+/m0/s1. The lowest BCUT2D eigenvalue weighted by Crippen LogP contribution is -2.44. The van der Waals surface area contributed by atoms with E-state index >= 15 is 0 Å². The molecule has 4 aromatic rings. The second kappa shape index (κ2) is 12.4. The normalized spacial score (nSPS) is 19.5. The van der Waals surface area contributed by atoms with E-state index in [2.05, 4.69) is 10.1 Å². The van der Waals surface area contributed by atoms with Crippen LogP contribution in [-0.2, 0) is 18.9 Å². The smallest absolute Gasteiger partial charge is 0.347 e. The zero-order valence-corrected chi connectivity index (χ0v) is 22.2. The molecule has 0 spiro atoms. The van der Waals surface area contributed by atoms with Crippen LogP contribution in [0.3, 0.4) is 0 Å². The summed E-state index contributed by atoms with van der Waals surface area (Å²) in [6.45, 7) is 0.939. The third-order valence-electron chi connectivity index (χ3n) is 6.43. The maximum absolute atomic E-state index is 13.2. The summed E-state index contributed by atoms with van der Waals surface area (Å²) < 4.78 is 23.9. The van der Waals surface area contributed by atoms with Crippen LogP contribution in [0, 0.1) is 6.92 Å². The first-order chi connectivity index (χ1) is 20.3. The number of hydrogen-bond donors (Lipinski definition) is 1. The van der Waals surface area contributed by atoms with Crippen LogP contribution in [0.5, 0.6) is 0 Å². The summed E-state index contributed by atoms with van der Waals surface area (Å²) in [5.74, 6) is -2.25. The van der Waals surface area contributed by atoms with Gasteiger partial charge in [0.15, 0.2) is 18.4 Å². The van der Waals surface area contributed by atoms with Crippen molar-refractivity contribution < 1.29 is 33.3 Å². The summed E-state index contributed by atoms with van der Waals surface area (Å²) in [5, 5.41) is 4.03. The van der Waals surface area contributed by atoms with Gasteiger partial charge in [0.1, 0.15) is 18.4 Å². The van der Waals surface area contributed by atoms with Crippen molar-refractivity contribution in [2.45, 2.75) is 31.5 Å². The number of H-pyrrole nitrogens is 1. The second-order valence-electron chi connectivity index (χ2n) is 9.29. The van der Waals surface area contributed by atoms with Crippen molar-refractivity contribution in [3.63, 3.8) is 0 Å². The molecule has 1 N–H and O–H groups in total. The maximum Gasteiger partial charge on any atom is 0.347 e. The lowest BCUT2D eigenvalue weighted by molar-refractivity contribution is -0.0701. The monoisotopic (exact) mass is 571 g/mol. The molecular weight excluding hydrogens is 546 g/mol. The number of aromatic amines is 1. The molecule has 42 heavy (non-hydrogen) atoms. The van der Waals surface area contributed by atoms with E-state index in [1.54, 1.807) is 66.7 Å². The molecule has 0 bridgehead atoms. The molecule has 5 rings (SSSR count). The molecule has 1 fully saturated rings. The highest BCUT2D eigenvalue weighted by atomic mass is 16.7. The van der Waals surface area contributed by atoms with Gasteiger partial charge in [-0.05, 0) is 43.3 Å². The van der Waals surface area contributed by atoms with E-state index in [1.807, 2.05) is 0 Å². The van der Waals surface area contributed by atoms with Crippen LogP contribution in [0.15, 0.2) is 101 Å². The lowest BCUT2D eigenvalue weighted by Gasteiger charge is -2.24. The summed E-state index contributed by atoms with van der Waals surface area (Å²) in [6, 6.07) is 24.3. The molecule has 0 aliphatic carbocycles. The number of aromatic nitrogens is 3. The van der Waals surface area contributed by atoms with Gasteiger partial charge in [-0.3, -0.25) is 9.78 Å². The molecule has 4 atom stereocenters. The average Bonchev–Trinajstić information content (AvgIpc) is 3.34. The highest BCUT2D eigenvalue weighted by Gasteiger charge is 2.52. The molecule has 1 aliphatic heterocycles. The highest BCUT2D eigenvalue weighted by Crippen LogP contribution is 2.34. The first-order valence-corrected chi connectivity index (χ1v) is 12.9. The summed E-state index contributed by atoms with van der Waals surface area (Å²) in [6.07, 6.45) is -5.47. The lowest BCUT2D eigenvalue weighted by atomic mass is 10.1. The van der Waals surface area contributed by atoms with Crippen molar-refractivity contribution in [1.82, 2.24) is 14.8 Å². The number of aryl methyl sites for hydroxylation is 1. The Bertz CT molecular complexity index is 1690. The van der Waals surface area contributed by atoms with Gasteiger partial charge in [-0.1, -0.05) is 54.6 Å². The Hall–Kier alpha value is -5.36. The highest BCUT2D eigenvalue weighted by molar-refractivity contribution is 5.91. The summed E-state index contributed by atoms with van der Waals surface area (Å²) >= 11 is 0. The number of nitrogens with one attached hydrogen (secondary N) is 1. The van der Waals surface area contributed by atoms with E-state index < -0.39 is 60.3 Å². The van der Waals surface area contributed by atoms with Crippen LogP contribution in [0.1, 0.15) is 43.0 Å². The Morgan fingerprint density at radius 2 is 1.24 bits per heavy atom. The number of esters is 3. The van der Waals surface area contributed by atoms with Crippen molar-refractivity contribution >= 4 is 17.9 Å². The molecule has 2 heterocycles. The van der Waals surface area contributed by atoms with Gasteiger partial charge in [-0.15, -0.1) is 0 Å². The third-order valence-corrected chi connectivity index (χ3v) is 6.43. The third kappa shape index (κ3) is 6.18. The van der Waals surface area contributed by atoms with Gasteiger partial charge in [0.2, 0.25) is 0 Å². The topological polar surface area (TPSA) is 156 Å². The van der Waals surface area contributed by atoms with Crippen molar-refractivity contribution in [3.8, 4) is 0 Å². The quantitative estimate of drug-likeness (QED) is 0.246. The fourth-order valence-electron chi connectivity index (χ4n) is 4.32. The number of ether oxygens (including phenoxy) is 4. The number of rotatable bonds is 8. The van der Waals surface area contributed by atoms with Gasteiger partial charge < -0.3 is 18.9 Å². The van der Waals surface area contributed by atoms with Gasteiger partial charge in [-0.25, -0.2) is 19.2 Å². The van der Waals surface area contributed by atoms with Gasteiger partial charge in [-0.2, -0.15) is 9.78 Å². The van der Waals surface area contributed by atoms with E-state index in [0.717, 1.165) is 4.68 Å². The molecule has 214 valence electrons. The first kappa shape index (κ1) is 28.2. The zero-order valence-electron chi connectivity index (χ0n) is 22.2. The van der Waals surface area contributed by atoms with Gasteiger partial charge in [0.05, 0.1) is 16.7 Å². The molecule has 0 saturated carbocycles. The Morgan fingerprint density at radius 3 is 1.76 bits per heavy atom. The number of nitrogens with zero attached hydrogens (tertiary/aromatic N) is 2. The Labute approximate surface area is 238 Å². The van der Waals surface area contributed by atoms with E-state index in [1.165, 1.54) is 31.2 Å². The van der Waals surface area contributed by atoms with Crippen LogP contribution < -0.4 is 11.2 Å². The van der Waals surface area contributed by atoms with Crippen molar-refractivity contribution in [3.05, 3.63) is 134 Å². The number of carbonyl (C=O) groups is 3. The first-order valence-electron chi connectivity index (χ1n) is 12.9. The van der Waals surface area contributed by atoms with Crippen LogP contribution in [0.25, 0.3) is 0 Å². The molecule has 0 unspecified atom stereocenters. The van der Waals surface area contributed by atoms with Crippen molar-refractivity contribution in [1.29, 1.82) is 0 Å². The van der Waals surface area contributed by atoms with E-state index in [9.17, 15) is 24.0 Å². The van der Waals surface area contributed by atoms with E-state index in [0.29, 0.717) is 0 Å². The van der Waals surface area contributed by atoms with Crippen LogP contribution in [0.2, 0.25) is 0 Å². The van der Waals surface area contributed by atoms with E-state index in [-0.39, 0.29) is 22.4 Å². The minimum atomic E-state index is -1.46. The SMILES string of the molecule is Cc1nn([C@@H]2O[C@@H](COC(=O)c3ccccc3)[C@@H](OC(=O)c3ccccc3)[C@H]2OC(=O)c2ccccc2)c(=O)[nH]c1=O. The van der Waals surface area contributed by atoms with Crippen LogP contribution >= 0.6 is 0 Å². The molecule has 12 nitrogen and oxygen atoms in total. The van der Waals surface area contributed by atoms with Crippen LogP contribution in [-0.4, -0.2) is 57.6 Å². The predicted octanol–water partition coefficient (Wildman–Crippen LogP) is 2.45. The average molecular weight is 572 g/mol. The predicted molar refractivity (Wildman–Crippen MR) is 146 cm³/mol. The molecule has 3 aromatic carbocycles. The minimum absolute atomic E-state index is 0.0666. The summed E-state index contributed by atoms with van der Waals surface area (Å²) in [5.41, 5.74) is -1.08. The number of carbonyl (C=O) groups excluding carboxylic acids is 3. The van der Waals surface area contributed by atoms with Gasteiger partial charge in [0.25, 0.3) is 5.56 Å². The minimum Gasteiger partial charge on any atom is -0.459 e. The second-order valence-corrected chi connectivity index (χ2v) is 9.29. The molecular formula is C30H25N3O9. The molecule has 0 amide bonds. The summed E-state index contributed by atoms with van der Waals surface area (Å²) in [7, 11) is 0. The van der Waals surface area contributed by atoms with Gasteiger partial charge in [0, 0.05) is 0 Å². The van der Waals surface area contributed by atoms with Crippen molar-refractivity contribution in [2.75, 3.05) is 6.61 Å². The summed E-state index contributed by atoms with van der Waals surface area (Å²) in [4.78, 5) is 66.0. The molecule has 1 saturated heterocycles. The van der Waals surface area contributed by atoms with Crippen molar-refractivity contribution in [2.24, 2.45) is 0 Å². The maximum atomic E-state index is 13.2. The number of hydrogen-bond acceptors (Lipinski definition) is 10. The largest absolute Gasteiger partial charge is 0.459 e. The Morgan fingerprint density at radius 1 is 0.762 bits per heavy atom. The van der Waals surface area contributed by atoms with Gasteiger partial charge >= 0.3 is 23.6 Å². The molecule has 0 radical (unpaired) electrons. The zero-order chi connectivity index (χ0) is 29.6. The van der Waals surface area contributed by atoms with E-state index in [4.69, 9.17) is 18.9 Å². The fourth-order valence-corrected chi connectivity index (χ4v) is 4.32. The Balaban J connectivity index is 1.52. The number of benzene rings is 3. The molecule has 12 heteroatoms. The fraction of sp³-hybridized carbons (Fsp3) is 0.200. The molecule has 1 aromatic heterocycles. The van der Waals surface area contributed by atoms with Crippen LogP contribution in [0.4, 0.5) is 0 Å². The Kier molecular flexibility index (Phi) is 8.34. The molecule has 1 aliphatic rings.